The zero-order valence-corrected chi connectivity index (χ0v) is 9.45. The van der Waals surface area contributed by atoms with Gasteiger partial charge in [-0.25, -0.2) is 0 Å². The van der Waals surface area contributed by atoms with E-state index in [2.05, 4.69) is 10.2 Å². The maximum atomic E-state index is 5.41. The first-order valence-electron chi connectivity index (χ1n) is 6.48. The van der Waals surface area contributed by atoms with E-state index in [1.165, 1.54) is 45.3 Å². The van der Waals surface area contributed by atoms with Gasteiger partial charge in [-0.05, 0) is 38.1 Å². The Hall–Kier alpha value is -0.120. The number of nitrogens with one attached hydrogen (secondary N) is 1. The first kappa shape index (κ1) is 10.1. The van der Waals surface area contributed by atoms with Crippen molar-refractivity contribution in [2.24, 2.45) is 5.92 Å². The molecule has 0 aromatic carbocycles. The maximum Gasteiger partial charge on any atom is 0.0507 e. The lowest BCUT2D eigenvalue weighted by Crippen LogP contribution is -2.41. The van der Waals surface area contributed by atoms with Crippen molar-refractivity contribution in [1.82, 2.24) is 10.2 Å². The fourth-order valence-electron chi connectivity index (χ4n) is 3.38. The van der Waals surface area contributed by atoms with Gasteiger partial charge < -0.3 is 10.1 Å². The van der Waals surface area contributed by atoms with E-state index >= 15 is 0 Å². The molecule has 3 heteroatoms. The van der Waals surface area contributed by atoms with Crippen LogP contribution in [0, 0.1) is 5.92 Å². The monoisotopic (exact) mass is 210 g/mol. The Labute approximate surface area is 92.2 Å². The molecule has 86 valence electrons. The molecular weight excluding hydrogens is 188 g/mol. The summed E-state index contributed by atoms with van der Waals surface area (Å²) in [5.74, 6) is 0.778. The molecule has 3 nitrogen and oxygen atoms in total. The summed E-state index contributed by atoms with van der Waals surface area (Å²) in [6.45, 7) is 5.80. The molecule has 3 rings (SSSR count). The van der Waals surface area contributed by atoms with Crippen LogP contribution in [0.15, 0.2) is 0 Å². The van der Waals surface area contributed by atoms with Crippen LogP contribution in [0.4, 0.5) is 0 Å². The highest BCUT2D eigenvalue weighted by Gasteiger charge is 2.36. The molecular formula is C12H22N2O. The van der Waals surface area contributed by atoms with Gasteiger partial charge in [-0.15, -0.1) is 0 Å². The molecule has 0 radical (unpaired) electrons. The molecule has 1 N–H and O–H groups in total. The van der Waals surface area contributed by atoms with Crippen molar-refractivity contribution in [3.63, 3.8) is 0 Å². The highest BCUT2D eigenvalue weighted by molar-refractivity contribution is 4.95. The highest BCUT2D eigenvalue weighted by Crippen LogP contribution is 2.28. The topological polar surface area (TPSA) is 24.5 Å². The Morgan fingerprint density at radius 2 is 2.20 bits per heavy atom. The van der Waals surface area contributed by atoms with E-state index in [0.29, 0.717) is 0 Å². The van der Waals surface area contributed by atoms with E-state index in [0.717, 1.165) is 31.2 Å². The fraction of sp³-hybridized carbons (Fsp3) is 1.00. The fourth-order valence-corrected chi connectivity index (χ4v) is 3.38. The van der Waals surface area contributed by atoms with Crippen molar-refractivity contribution in [2.45, 2.75) is 37.8 Å². The highest BCUT2D eigenvalue weighted by atomic mass is 16.5. The predicted molar refractivity (Wildman–Crippen MR) is 59.9 cm³/mol. The molecule has 3 heterocycles. The molecule has 0 spiro atoms. The largest absolute Gasteiger partial charge is 0.381 e. The van der Waals surface area contributed by atoms with E-state index in [4.69, 9.17) is 4.74 Å². The van der Waals surface area contributed by atoms with Gasteiger partial charge in [0.2, 0.25) is 0 Å². The third-order valence-corrected chi connectivity index (χ3v) is 4.30. The van der Waals surface area contributed by atoms with Gasteiger partial charge in [0.05, 0.1) is 6.61 Å². The van der Waals surface area contributed by atoms with Crippen molar-refractivity contribution < 1.29 is 4.74 Å². The van der Waals surface area contributed by atoms with Gasteiger partial charge in [0, 0.05) is 31.8 Å². The smallest absolute Gasteiger partial charge is 0.0507 e. The first-order valence-corrected chi connectivity index (χ1v) is 6.48. The third kappa shape index (κ3) is 2.05. The molecule has 0 aromatic rings. The minimum atomic E-state index is 0.771. The minimum Gasteiger partial charge on any atom is -0.381 e. The average molecular weight is 210 g/mol. The predicted octanol–water partition coefficient (Wildman–Crippen LogP) is 0.849. The second-order valence-electron chi connectivity index (χ2n) is 5.28. The van der Waals surface area contributed by atoms with Crippen molar-refractivity contribution in [3.8, 4) is 0 Å². The summed E-state index contributed by atoms with van der Waals surface area (Å²) in [5, 5.41) is 3.77. The number of nitrogens with zero attached hydrogens (tertiary/aromatic N) is 1. The van der Waals surface area contributed by atoms with Crippen molar-refractivity contribution in [1.29, 1.82) is 0 Å². The second kappa shape index (κ2) is 4.40. The number of fused-ring (bicyclic) bond motifs is 1. The third-order valence-electron chi connectivity index (χ3n) is 4.30. The molecule has 3 fully saturated rings. The van der Waals surface area contributed by atoms with Crippen LogP contribution < -0.4 is 5.32 Å². The van der Waals surface area contributed by atoms with Gasteiger partial charge in [0.15, 0.2) is 0 Å². The number of ether oxygens (including phenoxy) is 1. The van der Waals surface area contributed by atoms with Crippen molar-refractivity contribution >= 4 is 0 Å². The van der Waals surface area contributed by atoms with E-state index in [9.17, 15) is 0 Å². The van der Waals surface area contributed by atoms with Gasteiger partial charge in [-0.2, -0.15) is 0 Å². The summed E-state index contributed by atoms with van der Waals surface area (Å²) in [6.07, 6.45) is 5.45. The van der Waals surface area contributed by atoms with E-state index in [1.54, 1.807) is 0 Å². The van der Waals surface area contributed by atoms with Gasteiger partial charge in [-0.1, -0.05) is 0 Å². The molecule has 0 bridgehead atoms. The standard InChI is InChI=1S/C12H22N2O/c1-2-12-11(3-6-14(12)5-1)13-8-10-4-7-15-9-10/h10-13H,1-9H2. The van der Waals surface area contributed by atoms with Crippen molar-refractivity contribution in [2.75, 3.05) is 32.8 Å². The molecule has 0 aromatic heterocycles. The molecule has 3 atom stereocenters. The molecule has 3 aliphatic rings. The second-order valence-corrected chi connectivity index (χ2v) is 5.28. The lowest BCUT2D eigenvalue weighted by molar-refractivity contribution is 0.184. The average Bonchev–Trinajstić information content (AvgIpc) is 2.93. The Morgan fingerprint density at radius 1 is 1.20 bits per heavy atom. The maximum absolute atomic E-state index is 5.41. The van der Waals surface area contributed by atoms with Crippen LogP contribution in [-0.2, 0) is 4.74 Å². The van der Waals surface area contributed by atoms with E-state index in [1.807, 2.05) is 0 Å². The zero-order valence-electron chi connectivity index (χ0n) is 9.45. The normalized spacial score (nSPS) is 41.2. The van der Waals surface area contributed by atoms with Gasteiger partial charge >= 0.3 is 0 Å². The quantitative estimate of drug-likeness (QED) is 0.747. The van der Waals surface area contributed by atoms with Gasteiger partial charge in [0.25, 0.3) is 0 Å². The summed E-state index contributed by atoms with van der Waals surface area (Å²) in [6, 6.07) is 1.63. The van der Waals surface area contributed by atoms with E-state index < -0.39 is 0 Å². The number of rotatable bonds is 3. The van der Waals surface area contributed by atoms with Crippen molar-refractivity contribution in [3.05, 3.63) is 0 Å². The summed E-state index contributed by atoms with van der Waals surface area (Å²) >= 11 is 0. The van der Waals surface area contributed by atoms with Crippen LogP contribution >= 0.6 is 0 Å². The van der Waals surface area contributed by atoms with Crippen LogP contribution in [0.25, 0.3) is 0 Å². The lowest BCUT2D eigenvalue weighted by atomic mass is 10.0. The lowest BCUT2D eigenvalue weighted by Gasteiger charge is -2.22. The Balaban J connectivity index is 1.46. The Morgan fingerprint density at radius 3 is 3.07 bits per heavy atom. The van der Waals surface area contributed by atoms with Crippen LogP contribution in [0.2, 0.25) is 0 Å². The number of hydrogen-bond donors (Lipinski definition) is 1. The summed E-state index contributed by atoms with van der Waals surface area (Å²) in [7, 11) is 0. The molecule has 0 saturated carbocycles. The SMILES string of the molecule is C1CC2C(NCC3CCOC3)CCN2C1. The van der Waals surface area contributed by atoms with Crippen LogP contribution in [0.1, 0.15) is 25.7 Å². The summed E-state index contributed by atoms with van der Waals surface area (Å²) in [5.41, 5.74) is 0. The number of hydrogen-bond acceptors (Lipinski definition) is 3. The first-order chi connectivity index (χ1) is 7.43. The molecule has 0 amide bonds. The van der Waals surface area contributed by atoms with Gasteiger partial charge in [-0.3, -0.25) is 4.90 Å². The summed E-state index contributed by atoms with van der Waals surface area (Å²) < 4.78 is 5.41. The molecule has 0 aliphatic carbocycles. The molecule has 3 saturated heterocycles. The van der Waals surface area contributed by atoms with Crippen LogP contribution in [-0.4, -0.2) is 49.8 Å². The Bertz CT molecular complexity index is 216. The van der Waals surface area contributed by atoms with Gasteiger partial charge in [0.1, 0.15) is 0 Å². The van der Waals surface area contributed by atoms with Crippen LogP contribution in [0.5, 0.6) is 0 Å². The Kier molecular flexibility index (Phi) is 2.95. The summed E-state index contributed by atoms with van der Waals surface area (Å²) in [4.78, 5) is 2.67. The van der Waals surface area contributed by atoms with E-state index in [-0.39, 0.29) is 0 Å². The molecule has 15 heavy (non-hydrogen) atoms. The molecule has 3 unspecified atom stereocenters. The minimum absolute atomic E-state index is 0.771. The zero-order chi connectivity index (χ0) is 10.1. The van der Waals surface area contributed by atoms with Crippen LogP contribution in [0.3, 0.4) is 0 Å². The molecule has 3 aliphatic heterocycles.